The van der Waals surface area contributed by atoms with Crippen LogP contribution >= 0.6 is 0 Å². The van der Waals surface area contributed by atoms with E-state index in [9.17, 15) is 4.79 Å². The number of hydrogen-bond acceptors (Lipinski definition) is 2. The Balaban J connectivity index is 1.62. The molecular weight excluding hydrogens is 334 g/mol. The first-order valence-corrected chi connectivity index (χ1v) is 10.1. The van der Waals surface area contributed by atoms with Crippen LogP contribution in [0, 0.1) is 0 Å². The molecule has 1 heterocycles. The largest absolute Gasteiger partial charge is 0.352 e. The fourth-order valence-electron chi connectivity index (χ4n) is 3.42. The Labute approximate surface area is 161 Å². The molecule has 0 saturated heterocycles. The quantitative estimate of drug-likeness (QED) is 0.516. The maximum atomic E-state index is 12.2. The lowest BCUT2D eigenvalue weighted by molar-refractivity contribution is 0.0954. The van der Waals surface area contributed by atoms with Crippen molar-refractivity contribution in [1.82, 2.24) is 14.9 Å². The number of carbonyl (C=O) groups excluding carboxylic acids is 1. The van der Waals surface area contributed by atoms with E-state index in [0.717, 1.165) is 24.3 Å². The second kappa shape index (κ2) is 9.91. The molecule has 0 saturated carbocycles. The second-order valence-corrected chi connectivity index (χ2v) is 6.95. The summed E-state index contributed by atoms with van der Waals surface area (Å²) < 4.78 is 2.33. The highest BCUT2D eigenvalue weighted by atomic mass is 16.1. The van der Waals surface area contributed by atoms with Gasteiger partial charge in [-0.2, -0.15) is 0 Å². The number of nitrogens with one attached hydrogen (secondary N) is 1. The van der Waals surface area contributed by atoms with Crippen LogP contribution in [0.25, 0.3) is 11.0 Å². The van der Waals surface area contributed by atoms with Crippen molar-refractivity contribution >= 4 is 16.9 Å². The minimum Gasteiger partial charge on any atom is -0.352 e. The first-order valence-electron chi connectivity index (χ1n) is 10.1. The molecule has 0 atom stereocenters. The van der Waals surface area contributed by atoms with Crippen molar-refractivity contribution in [3.05, 3.63) is 66.0 Å². The van der Waals surface area contributed by atoms with Crippen molar-refractivity contribution in [2.45, 2.75) is 52.0 Å². The van der Waals surface area contributed by atoms with Gasteiger partial charge in [-0.3, -0.25) is 4.79 Å². The lowest BCUT2D eigenvalue weighted by Gasteiger charge is -2.10. The standard InChI is InChI=1S/C23H29N3O/c1-2-3-4-5-11-18-26-21-15-10-9-14-20(21)25-22(26)16-17-24-23(27)19-12-7-6-8-13-19/h6-10,12-15H,2-5,11,16-18H2,1H3,(H,24,27). The third-order valence-corrected chi connectivity index (χ3v) is 4.89. The van der Waals surface area contributed by atoms with Crippen molar-refractivity contribution in [3.63, 3.8) is 0 Å². The monoisotopic (exact) mass is 363 g/mol. The number of nitrogens with zero attached hydrogens (tertiary/aromatic N) is 2. The number of aromatic nitrogens is 2. The molecule has 2 aromatic carbocycles. The highest BCUT2D eigenvalue weighted by Crippen LogP contribution is 2.18. The second-order valence-electron chi connectivity index (χ2n) is 6.95. The van der Waals surface area contributed by atoms with Crippen molar-refractivity contribution in [2.75, 3.05) is 6.54 Å². The Morgan fingerprint density at radius 3 is 2.52 bits per heavy atom. The van der Waals surface area contributed by atoms with Gasteiger partial charge in [0.2, 0.25) is 0 Å². The molecule has 1 amide bonds. The molecule has 3 rings (SSSR count). The van der Waals surface area contributed by atoms with Crippen molar-refractivity contribution in [2.24, 2.45) is 0 Å². The van der Waals surface area contributed by atoms with Crippen LogP contribution in [0.3, 0.4) is 0 Å². The summed E-state index contributed by atoms with van der Waals surface area (Å²) in [4.78, 5) is 17.0. The van der Waals surface area contributed by atoms with Gasteiger partial charge in [-0.25, -0.2) is 4.98 Å². The Morgan fingerprint density at radius 1 is 0.963 bits per heavy atom. The maximum Gasteiger partial charge on any atom is 0.251 e. The molecule has 0 bridgehead atoms. The molecule has 0 radical (unpaired) electrons. The van der Waals surface area contributed by atoms with Gasteiger partial charge in [-0.1, -0.05) is 62.9 Å². The number of unbranched alkanes of at least 4 members (excludes halogenated alkanes) is 4. The van der Waals surface area contributed by atoms with Gasteiger partial charge in [0.25, 0.3) is 5.91 Å². The van der Waals surface area contributed by atoms with E-state index in [0.29, 0.717) is 12.1 Å². The molecule has 4 nitrogen and oxygen atoms in total. The molecule has 1 aromatic heterocycles. The first kappa shape index (κ1) is 19.2. The van der Waals surface area contributed by atoms with Crippen LogP contribution in [-0.2, 0) is 13.0 Å². The average molecular weight is 364 g/mol. The van der Waals surface area contributed by atoms with E-state index in [2.05, 4.69) is 35.0 Å². The molecule has 0 aliphatic carbocycles. The number of amides is 1. The van der Waals surface area contributed by atoms with E-state index in [1.165, 1.54) is 37.6 Å². The molecule has 27 heavy (non-hydrogen) atoms. The molecule has 0 aliphatic rings. The summed E-state index contributed by atoms with van der Waals surface area (Å²) in [7, 11) is 0. The average Bonchev–Trinajstić information content (AvgIpc) is 3.06. The summed E-state index contributed by atoms with van der Waals surface area (Å²) in [6, 6.07) is 17.6. The summed E-state index contributed by atoms with van der Waals surface area (Å²) in [5, 5.41) is 3.01. The van der Waals surface area contributed by atoms with Gasteiger partial charge in [0.1, 0.15) is 5.82 Å². The molecule has 0 aliphatic heterocycles. The smallest absolute Gasteiger partial charge is 0.251 e. The number of para-hydroxylation sites is 2. The number of hydrogen-bond donors (Lipinski definition) is 1. The van der Waals surface area contributed by atoms with Crippen molar-refractivity contribution in [1.29, 1.82) is 0 Å². The zero-order valence-electron chi connectivity index (χ0n) is 16.2. The predicted molar refractivity (Wildman–Crippen MR) is 111 cm³/mol. The van der Waals surface area contributed by atoms with E-state index in [4.69, 9.17) is 4.98 Å². The fraction of sp³-hybridized carbons (Fsp3) is 0.391. The third-order valence-electron chi connectivity index (χ3n) is 4.89. The highest BCUT2D eigenvalue weighted by molar-refractivity contribution is 5.94. The van der Waals surface area contributed by atoms with E-state index >= 15 is 0 Å². The summed E-state index contributed by atoms with van der Waals surface area (Å²) in [6.45, 7) is 3.82. The first-order chi connectivity index (χ1) is 13.3. The van der Waals surface area contributed by atoms with Crippen LogP contribution in [0.15, 0.2) is 54.6 Å². The topological polar surface area (TPSA) is 46.9 Å². The van der Waals surface area contributed by atoms with Crippen LogP contribution in [0.5, 0.6) is 0 Å². The van der Waals surface area contributed by atoms with Gasteiger partial charge in [0, 0.05) is 25.1 Å². The zero-order valence-corrected chi connectivity index (χ0v) is 16.2. The van der Waals surface area contributed by atoms with Crippen LogP contribution in [-0.4, -0.2) is 22.0 Å². The normalized spacial score (nSPS) is 11.0. The van der Waals surface area contributed by atoms with Crippen molar-refractivity contribution in [3.8, 4) is 0 Å². The molecule has 0 spiro atoms. The lowest BCUT2D eigenvalue weighted by atomic mass is 10.1. The number of aryl methyl sites for hydroxylation is 1. The van der Waals surface area contributed by atoms with E-state index in [1.54, 1.807) is 0 Å². The fourth-order valence-corrected chi connectivity index (χ4v) is 3.42. The predicted octanol–water partition coefficient (Wildman–Crippen LogP) is 4.98. The lowest BCUT2D eigenvalue weighted by Crippen LogP contribution is -2.26. The Morgan fingerprint density at radius 2 is 1.70 bits per heavy atom. The summed E-state index contributed by atoms with van der Waals surface area (Å²) >= 11 is 0. The van der Waals surface area contributed by atoms with E-state index < -0.39 is 0 Å². The van der Waals surface area contributed by atoms with Gasteiger partial charge >= 0.3 is 0 Å². The van der Waals surface area contributed by atoms with Gasteiger partial charge in [-0.05, 0) is 30.7 Å². The number of fused-ring (bicyclic) bond motifs is 1. The van der Waals surface area contributed by atoms with Gasteiger partial charge in [0.05, 0.1) is 11.0 Å². The van der Waals surface area contributed by atoms with Crippen LogP contribution < -0.4 is 5.32 Å². The Hall–Kier alpha value is -2.62. The number of benzene rings is 2. The van der Waals surface area contributed by atoms with Crippen LogP contribution in [0.2, 0.25) is 0 Å². The Bertz CT molecular complexity index is 854. The number of carbonyl (C=O) groups is 1. The molecule has 1 N–H and O–H groups in total. The SMILES string of the molecule is CCCCCCCn1c(CCNC(=O)c2ccccc2)nc2ccccc21. The molecule has 0 unspecified atom stereocenters. The van der Waals surface area contributed by atoms with E-state index in [-0.39, 0.29) is 5.91 Å². The van der Waals surface area contributed by atoms with Crippen molar-refractivity contribution < 1.29 is 4.79 Å². The molecule has 3 aromatic rings. The third kappa shape index (κ3) is 5.19. The minimum absolute atomic E-state index is 0.0298. The van der Waals surface area contributed by atoms with Gasteiger partial charge in [-0.15, -0.1) is 0 Å². The summed E-state index contributed by atoms with van der Waals surface area (Å²) in [5.41, 5.74) is 2.93. The number of rotatable bonds is 10. The zero-order chi connectivity index (χ0) is 18.9. The van der Waals surface area contributed by atoms with Crippen LogP contribution in [0.1, 0.15) is 55.2 Å². The van der Waals surface area contributed by atoms with Gasteiger partial charge in [0.15, 0.2) is 0 Å². The molecule has 4 heteroatoms. The number of imidazole rings is 1. The Kier molecular flexibility index (Phi) is 7.03. The summed E-state index contributed by atoms with van der Waals surface area (Å²) in [6.07, 6.45) is 7.03. The molecule has 142 valence electrons. The van der Waals surface area contributed by atoms with Crippen LogP contribution in [0.4, 0.5) is 0 Å². The minimum atomic E-state index is -0.0298. The van der Waals surface area contributed by atoms with Gasteiger partial charge < -0.3 is 9.88 Å². The molecule has 0 fully saturated rings. The maximum absolute atomic E-state index is 12.2. The molecular formula is C23H29N3O. The highest BCUT2D eigenvalue weighted by Gasteiger charge is 2.11. The van der Waals surface area contributed by atoms with E-state index in [1.807, 2.05) is 36.4 Å². The summed E-state index contributed by atoms with van der Waals surface area (Å²) in [5.74, 6) is 1.03.